The fourth-order valence-electron chi connectivity index (χ4n) is 3.83. The standard InChI is InChI=1S/C25H19NO/c1-17(18-9-3-2-4-10-18)19-11-7-12-20-21-13-8-14-22(25(21)27-24(19)20)23-15-5-6-16-26-23/h2-17H,1H3. The Balaban J connectivity index is 1.76. The van der Waals surface area contributed by atoms with Crippen molar-refractivity contribution in [1.29, 1.82) is 0 Å². The SMILES string of the molecule is CC(c1ccccc1)c1cccc2c1oc1c(-c3ccccn3)cccc12. The summed E-state index contributed by atoms with van der Waals surface area (Å²) in [6.45, 7) is 2.23. The van der Waals surface area contributed by atoms with E-state index in [0.717, 1.165) is 33.2 Å². The lowest BCUT2D eigenvalue weighted by molar-refractivity contribution is 0.660. The summed E-state index contributed by atoms with van der Waals surface area (Å²) in [5, 5.41) is 2.29. The van der Waals surface area contributed by atoms with Gasteiger partial charge in [0.05, 0.1) is 5.69 Å². The van der Waals surface area contributed by atoms with Crippen LogP contribution in [0.25, 0.3) is 33.2 Å². The maximum absolute atomic E-state index is 6.47. The highest BCUT2D eigenvalue weighted by molar-refractivity contribution is 6.10. The van der Waals surface area contributed by atoms with E-state index in [4.69, 9.17) is 4.42 Å². The monoisotopic (exact) mass is 349 g/mol. The summed E-state index contributed by atoms with van der Waals surface area (Å²) in [7, 11) is 0. The fraction of sp³-hybridized carbons (Fsp3) is 0.0800. The van der Waals surface area contributed by atoms with Gasteiger partial charge in [0.25, 0.3) is 0 Å². The molecule has 5 rings (SSSR count). The third kappa shape index (κ3) is 2.61. The molecule has 1 atom stereocenters. The van der Waals surface area contributed by atoms with Crippen LogP contribution in [-0.2, 0) is 0 Å². The zero-order chi connectivity index (χ0) is 18.2. The summed E-state index contributed by atoms with van der Waals surface area (Å²) >= 11 is 0. The maximum Gasteiger partial charge on any atom is 0.144 e. The van der Waals surface area contributed by atoms with E-state index in [9.17, 15) is 0 Å². The first kappa shape index (κ1) is 15.8. The molecule has 0 saturated heterocycles. The highest BCUT2D eigenvalue weighted by Crippen LogP contribution is 2.39. The fourth-order valence-corrected chi connectivity index (χ4v) is 3.83. The highest BCUT2D eigenvalue weighted by atomic mass is 16.3. The van der Waals surface area contributed by atoms with E-state index in [1.54, 1.807) is 0 Å². The van der Waals surface area contributed by atoms with Crippen LogP contribution in [-0.4, -0.2) is 4.98 Å². The van der Waals surface area contributed by atoms with Gasteiger partial charge in [-0.05, 0) is 23.8 Å². The molecule has 0 radical (unpaired) electrons. The van der Waals surface area contributed by atoms with E-state index in [0.29, 0.717) is 0 Å². The molecule has 2 heterocycles. The number of rotatable bonds is 3. The minimum absolute atomic E-state index is 0.258. The largest absolute Gasteiger partial charge is 0.455 e. The molecule has 0 spiro atoms. The number of aromatic nitrogens is 1. The first-order valence-corrected chi connectivity index (χ1v) is 9.23. The average molecular weight is 349 g/mol. The first-order chi connectivity index (χ1) is 13.3. The summed E-state index contributed by atoms with van der Waals surface area (Å²) < 4.78 is 6.47. The molecule has 0 bridgehead atoms. The molecular weight excluding hydrogens is 330 g/mol. The third-order valence-electron chi connectivity index (χ3n) is 5.26. The van der Waals surface area contributed by atoms with Crippen molar-refractivity contribution in [3.63, 3.8) is 0 Å². The molecule has 0 aliphatic heterocycles. The quantitative estimate of drug-likeness (QED) is 0.358. The number of benzene rings is 3. The van der Waals surface area contributed by atoms with Gasteiger partial charge in [0.2, 0.25) is 0 Å². The van der Waals surface area contributed by atoms with Crippen molar-refractivity contribution < 1.29 is 4.42 Å². The van der Waals surface area contributed by atoms with Crippen LogP contribution in [0.2, 0.25) is 0 Å². The Morgan fingerprint density at radius 1 is 0.704 bits per heavy atom. The van der Waals surface area contributed by atoms with Crippen LogP contribution >= 0.6 is 0 Å². The molecule has 0 amide bonds. The van der Waals surface area contributed by atoms with Gasteiger partial charge < -0.3 is 4.42 Å². The summed E-state index contributed by atoms with van der Waals surface area (Å²) in [5.74, 6) is 0.258. The number of furan rings is 1. The number of hydrogen-bond donors (Lipinski definition) is 0. The first-order valence-electron chi connectivity index (χ1n) is 9.23. The Kier molecular flexibility index (Phi) is 3.75. The van der Waals surface area contributed by atoms with Crippen molar-refractivity contribution in [3.8, 4) is 11.3 Å². The molecular formula is C25H19NO. The van der Waals surface area contributed by atoms with Crippen molar-refractivity contribution >= 4 is 21.9 Å². The zero-order valence-electron chi connectivity index (χ0n) is 15.1. The molecule has 3 aromatic carbocycles. The molecule has 2 heteroatoms. The van der Waals surface area contributed by atoms with Gasteiger partial charge in [-0.25, -0.2) is 0 Å². The molecule has 130 valence electrons. The lowest BCUT2D eigenvalue weighted by Gasteiger charge is -2.12. The number of fused-ring (bicyclic) bond motifs is 3. The van der Waals surface area contributed by atoms with Gasteiger partial charge in [-0.2, -0.15) is 0 Å². The second kappa shape index (κ2) is 6.40. The predicted octanol–water partition coefficient (Wildman–Crippen LogP) is 6.80. The van der Waals surface area contributed by atoms with Crippen molar-refractivity contribution in [3.05, 3.63) is 102 Å². The van der Waals surface area contributed by atoms with Gasteiger partial charge in [0.1, 0.15) is 11.2 Å². The lowest BCUT2D eigenvalue weighted by Crippen LogP contribution is -1.95. The van der Waals surface area contributed by atoms with Gasteiger partial charge in [-0.1, -0.05) is 73.7 Å². The Labute approximate surface area is 158 Å². The molecule has 27 heavy (non-hydrogen) atoms. The van der Waals surface area contributed by atoms with Gasteiger partial charge in [-0.3, -0.25) is 4.98 Å². The molecule has 0 aliphatic carbocycles. The Hall–Kier alpha value is -3.39. The zero-order valence-corrected chi connectivity index (χ0v) is 15.1. The van der Waals surface area contributed by atoms with Crippen LogP contribution in [0, 0.1) is 0 Å². The number of nitrogens with zero attached hydrogens (tertiary/aromatic N) is 1. The van der Waals surface area contributed by atoms with Crippen LogP contribution < -0.4 is 0 Å². The summed E-state index contributed by atoms with van der Waals surface area (Å²) in [6, 6.07) is 29.3. The Bertz CT molecular complexity index is 1220. The summed E-state index contributed by atoms with van der Waals surface area (Å²) in [5.41, 5.74) is 6.32. The van der Waals surface area contributed by atoms with E-state index in [2.05, 4.69) is 78.6 Å². The van der Waals surface area contributed by atoms with E-state index in [1.165, 1.54) is 11.1 Å². The molecule has 2 nitrogen and oxygen atoms in total. The van der Waals surface area contributed by atoms with Crippen molar-refractivity contribution in [2.24, 2.45) is 0 Å². The minimum atomic E-state index is 0.258. The van der Waals surface area contributed by atoms with Crippen LogP contribution in [0.1, 0.15) is 24.0 Å². The molecule has 0 saturated carbocycles. The Morgan fingerprint density at radius 3 is 2.22 bits per heavy atom. The lowest BCUT2D eigenvalue weighted by atomic mass is 9.92. The predicted molar refractivity (Wildman–Crippen MR) is 111 cm³/mol. The second-order valence-electron chi connectivity index (χ2n) is 6.86. The van der Waals surface area contributed by atoms with E-state index in [1.807, 2.05) is 24.4 Å². The van der Waals surface area contributed by atoms with E-state index < -0.39 is 0 Å². The normalized spacial score (nSPS) is 12.5. The van der Waals surface area contributed by atoms with Gasteiger partial charge in [-0.15, -0.1) is 0 Å². The molecule has 1 unspecified atom stereocenters. The molecule has 0 aliphatic rings. The van der Waals surface area contributed by atoms with Crippen molar-refractivity contribution in [2.75, 3.05) is 0 Å². The smallest absolute Gasteiger partial charge is 0.144 e. The minimum Gasteiger partial charge on any atom is -0.455 e. The van der Waals surface area contributed by atoms with Gasteiger partial charge in [0.15, 0.2) is 0 Å². The molecule has 0 fully saturated rings. The number of para-hydroxylation sites is 2. The molecule has 0 N–H and O–H groups in total. The van der Waals surface area contributed by atoms with E-state index in [-0.39, 0.29) is 5.92 Å². The molecule has 5 aromatic rings. The van der Waals surface area contributed by atoms with Crippen molar-refractivity contribution in [1.82, 2.24) is 4.98 Å². The number of pyridine rings is 1. The maximum atomic E-state index is 6.47. The molecule has 2 aromatic heterocycles. The summed E-state index contributed by atoms with van der Waals surface area (Å²) in [6.07, 6.45) is 1.82. The van der Waals surface area contributed by atoms with Crippen LogP contribution in [0.3, 0.4) is 0 Å². The Morgan fingerprint density at radius 2 is 1.44 bits per heavy atom. The van der Waals surface area contributed by atoms with Gasteiger partial charge in [0, 0.05) is 34.0 Å². The highest BCUT2D eigenvalue weighted by Gasteiger charge is 2.18. The van der Waals surface area contributed by atoms with E-state index >= 15 is 0 Å². The topological polar surface area (TPSA) is 26.0 Å². The number of hydrogen-bond acceptors (Lipinski definition) is 2. The van der Waals surface area contributed by atoms with Gasteiger partial charge >= 0.3 is 0 Å². The van der Waals surface area contributed by atoms with Crippen LogP contribution in [0.4, 0.5) is 0 Å². The van der Waals surface area contributed by atoms with Crippen LogP contribution in [0.15, 0.2) is 95.5 Å². The third-order valence-corrected chi connectivity index (χ3v) is 5.26. The second-order valence-corrected chi connectivity index (χ2v) is 6.86. The van der Waals surface area contributed by atoms with Crippen molar-refractivity contribution in [2.45, 2.75) is 12.8 Å². The average Bonchev–Trinajstić information content (AvgIpc) is 3.13. The van der Waals surface area contributed by atoms with Crippen LogP contribution in [0.5, 0.6) is 0 Å². The summed E-state index contributed by atoms with van der Waals surface area (Å²) in [4.78, 5) is 4.51.